The number of amides is 2. The van der Waals surface area contributed by atoms with E-state index in [2.05, 4.69) is 21.3 Å². The van der Waals surface area contributed by atoms with E-state index in [4.69, 9.17) is 9.47 Å². The van der Waals surface area contributed by atoms with Gasteiger partial charge in [-0.1, -0.05) is 19.1 Å². The molecule has 2 fully saturated rings. The van der Waals surface area contributed by atoms with Gasteiger partial charge in [-0.05, 0) is 64.7 Å². The van der Waals surface area contributed by atoms with E-state index in [1.54, 1.807) is 20.8 Å². The standard InChI is InChI=1S/C25H43FN4O5/c1-14-7-6-8-19(30-24(33)35-25(2,3)4)18-11-15(13-27-21(18)26)17-10-9-16(28-23(32)34-5)12-20(17)29-22(14)31/h6-7,14-22,27,29,31H,8-13H2,1-5H3,(H,28,32)(H,30,33)/b7-6-. The molecule has 1 saturated heterocycles. The van der Waals surface area contributed by atoms with Gasteiger partial charge in [-0.25, -0.2) is 14.0 Å². The molecule has 3 rings (SSSR count). The third kappa shape index (κ3) is 7.79. The fourth-order valence-electron chi connectivity index (χ4n) is 5.68. The lowest BCUT2D eigenvalue weighted by atomic mass is 9.69. The third-order valence-electron chi connectivity index (χ3n) is 7.47. The molecule has 10 heteroatoms. The highest BCUT2D eigenvalue weighted by Crippen LogP contribution is 2.39. The number of halogens is 1. The number of piperidine rings is 1. The van der Waals surface area contributed by atoms with Crippen LogP contribution in [0, 0.1) is 23.7 Å². The van der Waals surface area contributed by atoms with Crippen LogP contribution in [0.25, 0.3) is 0 Å². The van der Waals surface area contributed by atoms with Crippen molar-refractivity contribution >= 4 is 12.2 Å². The number of carbonyl (C=O) groups excluding carboxylic acids is 2. The van der Waals surface area contributed by atoms with Crippen LogP contribution in [-0.2, 0) is 9.47 Å². The van der Waals surface area contributed by atoms with Crippen molar-refractivity contribution in [3.63, 3.8) is 0 Å². The van der Waals surface area contributed by atoms with Crippen molar-refractivity contribution < 1.29 is 28.6 Å². The fourth-order valence-corrected chi connectivity index (χ4v) is 5.68. The first-order chi connectivity index (χ1) is 16.5. The van der Waals surface area contributed by atoms with E-state index < -0.39 is 42.3 Å². The van der Waals surface area contributed by atoms with Gasteiger partial charge in [-0.15, -0.1) is 0 Å². The predicted molar refractivity (Wildman–Crippen MR) is 130 cm³/mol. The summed E-state index contributed by atoms with van der Waals surface area (Å²) in [6.07, 6.45) is 4.05. The average Bonchev–Trinajstić information content (AvgIpc) is 2.77. The molecule has 1 saturated carbocycles. The first-order valence-electron chi connectivity index (χ1n) is 12.8. The zero-order valence-corrected chi connectivity index (χ0v) is 21.6. The van der Waals surface area contributed by atoms with E-state index >= 15 is 4.39 Å². The van der Waals surface area contributed by atoms with Crippen molar-refractivity contribution in [2.45, 2.75) is 96.0 Å². The highest BCUT2D eigenvalue weighted by atomic mass is 19.1. The molecule has 2 heterocycles. The number of fused-ring (bicyclic) bond motifs is 4. The van der Waals surface area contributed by atoms with Gasteiger partial charge in [-0.3, -0.25) is 10.6 Å². The van der Waals surface area contributed by atoms with Crippen LogP contribution in [0.5, 0.6) is 0 Å². The molecule has 0 aromatic rings. The number of rotatable bonds is 2. The summed E-state index contributed by atoms with van der Waals surface area (Å²) >= 11 is 0. The number of nitrogens with one attached hydrogen (secondary N) is 4. The zero-order chi connectivity index (χ0) is 25.8. The van der Waals surface area contributed by atoms with Gasteiger partial charge in [0.25, 0.3) is 0 Å². The second-order valence-corrected chi connectivity index (χ2v) is 11.3. The van der Waals surface area contributed by atoms with Gasteiger partial charge in [0.2, 0.25) is 0 Å². The lowest BCUT2D eigenvalue weighted by Crippen LogP contribution is -2.58. The first kappa shape index (κ1) is 27.7. The van der Waals surface area contributed by atoms with E-state index in [-0.39, 0.29) is 29.8 Å². The molecule has 2 aliphatic heterocycles. The van der Waals surface area contributed by atoms with Gasteiger partial charge in [-0.2, -0.15) is 0 Å². The third-order valence-corrected chi connectivity index (χ3v) is 7.47. The van der Waals surface area contributed by atoms with E-state index in [1.165, 1.54) is 7.11 Å². The van der Waals surface area contributed by atoms with Crippen LogP contribution in [0.3, 0.4) is 0 Å². The van der Waals surface area contributed by atoms with Gasteiger partial charge < -0.3 is 25.2 Å². The zero-order valence-electron chi connectivity index (χ0n) is 21.6. The van der Waals surface area contributed by atoms with Crippen molar-refractivity contribution in [1.82, 2.24) is 21.3 Å². The Bertz CT molecular complexity index is 761. The molecule has 9 atom stereocenters. The van der Waals surface area contributed by atoms with Crippen molar-refractivity contribution in [2.24, 2.45) is 23.7 Å². The van der Waals surface area contributed by atoms with Crippen LogP contribution in [-0.4, -0.2) is 67.2 Å². The molecule has 9 unspecified atom stereocenters. The Kier molecular flexibility index (Phi) is 9.40. The summed E-state index contributed by atoms with van der Waals surface area (Å²) in [7, 11) is 1.34. The van der Waals surface area contributed by atoms with Gasteiger partial charge >= 0.3 is 12.2 Å². The van der Waals surface area contributed by atoms with Gasteiger partial charge in [0.15, 0.2) is 6.30 Å². The maximum atomic E-state index is 15.2. The van der Waals surface area contributed by atoms with Crippen LogP contribution in [0.1, 0.15) is 59.8 Å². The van der Waals surface area contributed by atoms with Gasteiger partial charge in [0.05, 0.1) is 7.11 Å². The number of alkyl carbamates (subject to hydrolysis) is 2. The smallest absolute Gasteiger partial charge is 0.407 e. The summed E-state index contributed by atoms with van der Waals surface area (Å²) in [5, 5.41) is 23.1. The Balaban J connectivity index is 1.83. The average molecular weight is 499 g/mol. The van der Waals surface area contributed by atoms with E-state index in [1.807, 2.05) is 19.1 Å². The molecule has 0 aromatic heterocycles. The number of hydrogen-bond acceptors (Lipinski definition) is 7. The topological polar surface area (TPSA) is 121 Å². The fraction of sp³-hybridized carbons (Fsp3) is 0.840. The molecule has 3 aliphatic rings. The van der Waals surface area contributed by atoms with Crippen LogP contribution >= 0.6 is 0 Å². The molecule has 200 valence electrons. The van der Waals surface area contributed by atoms with Crippen LogP contribution in [0.15, 0.2) is 12.2 Å². The van der Waals surface area contributed by atoms with Crippen molar-refractivity contribution in [3.05, 3.63) is 12.2 Å². The lowest BCUT2D eigenvalue weighted by Gasteiger charge is -2.46. The quantitative estimate of drug-likeness (QED) is 0.293. The van der Waals surface area contributed by atoms with Gasteiger partial charge in [0, 0.05) is 36.5 Å². The molecule has 9 nitrogen and oxygen atoms in total. The molecule has 5 N–H and O–H groups in total. The lowest BCUT2D eigenvalue weighted by molar-refractivity contribution is 0.0112. The van der Waals surface area contributed by atoms with Crippen molar-refractivity contribution in [3.8, 4) is 0 Å². The monoisotopic (exact) mass is 498 g/mol. The number of carbonyl (C=O) groups is 2. The molecule has 2 amide bonds. The van der Waals surface area contributed by atoms with E-state index in [9.17, 15) is 14.7 Å². The molecule has 0 spiro atoms. The van der Waals surface area contributed by atoms with Crippen LogP contribution in [0.4, 0.5) is 14.0 Å². The summed E-state index contributed by atoms with van der Waals surface area (Å²) in [6.45, 7) is 7.83. The summed E-state index contributed by atoms with van der Waals surface area (Å²) < 4.78 is 25.4. The largest absolute Gasteiger partial charge is 0.453 e. The second-order valence-electron chi connectivity index (χ2n) is 11.3. The molecular formula is C25H43FN4O5. The van der Waals surface area contributed by atoms with Crippen LogP contribution in [0.2, 0.25) is 0 Å². The Morgan fingerprint density at radius 3 is 2.54 bits per heavy atom. The molecular weight excluding hydrogens is 455 g/mol. The van der Waals surface area contributed by atoms with Gasteiger partial charge in [0.1, 0.15) is 11.8 Å². The minimum atomic E-state index is -1.24. The summed E-state index contributed by atoms with van der Waals surface area (Å²) in [6, 6.07) is -0.569. The Hall–Kier alpha value is -1.91. The minimum Gasteiger partial charge on any atom is -0.453 e. The number of ether oxygens (including phenoxy) is 2. The number of alkyl halides is 1. The minimum absolute atomic E-state index is 0.0583. The second kappa shape index (κ2) is 11.9. The molecule has 0 aromatic carbocycles. The maximum absolute atomic E-state index is 15.2. The first-order valence-corrected chi connectivity index (χ1v) is 12.8. The summed E-state index contributed by atoms with van der Waals surface area (Å²) in [5.41, 5.74) is -0.651. The molecule has 0 radical (unpaired) electrons. The number of methoxy groups -OCH3 is 1. The molecule has 1 aliphatic carbocycles. The SMILES string of the molecule is COC(=O)NC1CCC2C3CNC(F)C(C3)C(NC(=O)OC(C)(C)C)C/C=C\C(C)C(O)NC2C1. The summed E-state index contributed by atoms with van der Waals surface area (Å²) in [5.74, 6) is -0.277. The Labute approximate surface area is 208 Å². The van der Waals surface area contributed by atoms with E-state index in [0.29, 0.717) is 25.8 Å². The number of aliphatic hydroxyl groups excluding tert-OH is 1. The Morgan fingerprint density at radius 2 is 1.86 bits per heavy atom. The Morgan fingerprint density at radius 1 is 1.11 bits per heavy atom. The predicted octanol–water partition coefficient (Wildman–Crippen LogP) is 2.80. The number of aliphatic hydroxyl groups is 1. The maximum Gasteiger partial charge on any atom is 0.407 e. The van der Waals surface area contributed by atoms with E-state index in [0.717, 1.165) is 12.8 Å². The molecule has 35 heavy (non-hydrogen) atoms. The van der Waals surface area contributed by atoms with Crippen molar-refractivity contribution in [2.75, 3.05) is 13.7 Å². The number of hydrogen-bond donors (Lipinski definition) is 5. The van der Waals surface area contributed by atoms with Crippen molar-refractivity contribution in [1.29, 1.82) is 0 Å². The normalized spacial score (nSPS) is 39.1. The summed E-state index contributed by atoms with van der Waals surface area (Å²) in [4.78, 5) is 24.3. The highest BCUT2D eigenvalue weighted by molar-refractivity contribution is 5.68. The highest BCUT2D eigenvalue weighted by Gasteiger charge is 2.43. The molecule has 2 bridgehead atoms. The van der Waals surface area contributed by atoms with Crippen LogP contribution < -0.4 is 21.3 Å².